The molecule has 2 aromatic carbocycles. The molecule has 3 rings (SSSR count). The number of nitrogens with one attached hydrogen (secondary N) is 1. The number of allylic oxidation sites excluding steroid dienone is 1. The van der Waals surface area contributed by atoms with E-state index < -0.39 is 0 Å². The van der Waals surface area contributed by atoms with Crippen molar-refractivity contribution in [1.82, 2.24) is 14.9 Å². The summed E-state index contributed by atoms with van der Waals surface area (Å²) in [6, 6.07) is 16.5. The maximum atomic E-state index is 11.3. The highest BCUT2D eigenvalue weighted by molar-refractivity contribution is 5.76. The van der Waals surface area contributed by atoms with Gasteiger partial charge in [0.1, 0.15) is 11.6 Å². The summed E-state index contributed by atoms with van der Waals surface area (Å²) in [6.45, 7) is 8.02. The van der Waals surface area contributed by atoms with Crippen LogP contribution in [-0.4, -0.2) is 28.6 Å². The van der Waals surface area contributed by atoms with Crippen molar-refractivity contribution >= 4 is 16.9 Å². The van der Waals surface area contributed by atoms with Crippen LogP contribution in [0.3, 0.4) is 0 Å². The second-order valence-electron chi connectivity index (χ2n) is 7.99. The number of carbonyl (C=O) groups excluding carboxylic acids is 1. The van der Waals surface area contributed by atoms with Gasteiger partial charge in [-0.3, -0.25) is 4.79 Å². The van der Waals surface area contributed by atoms with Gasteiger partial charge < -0.3 is 14.6 Å². The standard InChI is InChI=1S/C27H35N3O2/c1-3-13-22-14-7-10-17-25(22)32-21-12-20-30-24-16-9-8-15-23(24)29-26(30)18-6-5-11-19-28-27(31)4-2/h3,7-10,14-17H,1,4-6,11-13,18-21H2,2H3,(H,28,31). The number of ether oxygens (including phenoxy) is 1. The molecule has 1 amide bonds. The van der Waals surface area contributed by atoms with E-state index in [-0.39, 0.29) is 5.91 Å². The van der Waals surface area contributed by atoms with Crippen molar-refractivity contribution in [3.05, 3.63) is 72.6 Å². The van der Waals surface area contributed by atoms with Crippen molar-refractivity contribution in [3.63, 3.8) is 0 Å². The quantitative estimate of drug-likeness (QED) is 0.271. The summed E-state index contributed by atoms with van der Waals surface area (Å²) in [5, 5.41) is 2.94. The first-order chi connectivity index (χ1) is 15.7. The lowest BCUT2D eigenvalue weighted by Gasteiger charge is -2.12. The highest BCUT2D eigenvalue weighted by Crippen LogP contribution is 2.21. The molecule has 5 heteroatoms. The van der Waals surface area contributed by atoms with Crippen LogP contribution in [-0.2, 0) is 24.2 Å². The fraction of sp³-hybridized carbons (Fsp3) is 0.407. The molecule has 1 N–H and O–H groups in total. The molecule has 5 nitrogen and oxygen atoms in total. The van der Waals surface area contributed by atoms with Crippen LogP contribution in [0.25, 0.3) is 11.0 Å². The van der Waals surface area contributed by atoms with E-state index in [0.717, 1.165) is 68.7 Å². The van der Waals surface area contributed by atoms with Crippen molar-refractivity contribution in [2.45, 2.75) is 58.4 Å². The van der Waals surface area contributed by atoms with E-state index in [1.807, 2.05) is 37.3 Å². The summed E-state index contributed by atoms with van der Waals surface area (Å²) in [6.07, 6.45) is 8.28. The predicted molar refractivity (Wildman–Crippen MR) is 131 cm³/mol. The first-order valence-electron chi connectivity index (χ1n) is 11.8. The number of hydrogen-bond acceptors (Lipinski definition) is 3. The molecule has 0 aliphatic heterocycles. The summed E-state index contributed by atoms with van der Waals surface area (Å²) >= 11 is 0. The van der Waals surface area contributed by atoms with Gasteiger partial charge >= 0.3 is 0 Å². The number of carbonyl (C=O) groups is 1. The van der Waals surface area contributed by atoms with Crippen LogP contribution in [0.1, 0.15) is 50.4 Å². The molecule has 1 aromatic heterocycles. The van der Waals surface area contributed by atoms with Crippen LogP contribution < -0.4 is 10.1 Å². The maximum absolute atomic E-state index is 11.3. The molecule has 0 bridgehead atoms. The summed E-state index contributed by atoms with van der Waals surface area (Å²) in [7, 11) is 0. The molecule has 0 aliphatic rings. The molecule has 0 saturated heterocycles. The molecular weight excluding hydrogens is 398 g/mol. The van der Waals surface area contributed by atoms with Crippen molar-refractivity contribution in [2.75, 3.05) is 13.2 Å². The van der Waals surface area contributed by atoms with Crippen molar-refractivity contribution in [1.29, 1.82) is 0 Å². The van der Waals surface area contributed by atoms with Crippen molar-refractivity contribution in [2.24, 2.45) is 0 Å². The zero-order valence-electron chi connectivity index (χ0n) is 19.2. The van der Waals surface area contributed by atoms with E-state index >= 15 is 0 Å². The molecule has 32 heavy (non-hydrogen) atoms. The minimum Gasteiger partial charge on any atom is -0.493 e. The van der Waals surface area contributed by atoms with Gasteiger partial charge in [0.2, 0.25) is 5.91 Å². The third kappa shape index (κ3) is 6.71. The zero-order chi connectivity index (χ0) is 22.6. The second-order valence-corrected chi connectivity index (χ2v) is 7.99. The fourth-order valence-corrected chi connectivity index (χ4v) is 3.88. The van der Waals surface area contributed by atoms with Gasteiger partial charge in [-0.15, -0.1) is 6.58 Å². The average molecular weight is 434 g/mol. The molecule has 0 radical (unpaired) electrons. The van der Waals surface area contributed by atoms with E-state index in [1.54, 1.807) is 0 Å². The van der Waals surface area contributed by atoms with Crippen molar-refractivity contribution in [3.8, 4) is 5.75 Å². The number of aryl methyl sites for hydroxylation is 2. The van der Waals surface area contributed by atoms with Gasteiger partial charge in [-0.25, -0.2) is 4.98 Å². The number of unbranched alkanes of at least 4 members (excludes halogenated alkanes) is 2. The van der Waals surface area contributed by atoms with E-state index in [1.165, 1.54) is 11.1 Å². The lowest BCUT2D eigenvalue weighted by molar-refractivity contribution is -0.120. The largest absolute Gasteiger partial charge is 0.493 e. The smallest absolute Gasteiger partial charge is 0.219 e. The second kappa shape index (κ2) is 12.7. The maximum Gasteiger partial charge on any atom is 0.219 e. The molecule has 0 atom stereocenters. The highest BCUT2D eigenvalue weighted by atomic mass is 16.5. The SMILES string of the molecule is C=CCc1ccccc1OCCCn1c(CCCCCNC(=O)CC)nc2ccccc21. The van der Waals surface area contributed by atoms with Gasteiger partial charge in [0.05, 0.1) is 17.6 Å². The summed E-state index contributed by atoms with van der Waals surface area (Å²) < 4.78 is 8.42. The number of hydrogen-bond donors (Lipinski definition) is 1. The van der Waals surface area contributed by atoms with Gasteiger partial charge in [0.15, 0.2) is 0 Å². The Morgan fingerprint density at radius 2 is 1.91 bits per heavy atom. The monoisotopic (exact) mass is 433 g/mol. The lowest BCUT2D eigenvalue weighted by atomic mass is 10.1. The number of aromatic nitrogens is 2. The molecule has 0 saturated carbocycles. The number of rotatable bonds is 14. The van der Waals surface area contributed by atoms with Gasteiger partial charge in [0.25, 0.3) is 0 Å². The van der Waals surface area contributed by atoms with Crippen LogP contribution in [0, 0.1) is 0 Å². The summed E-state index contributed by atoms with van der Waals surface area (Å²) in [4.78, 5) is 16.2. The Labute approximate surface area is 191 Å². The number of nitrogens with zero attached hydrogens (tertiary/aromatic N) is 2. The van der Waals surface area contributed by atoms with E-state index in [2.05, 4.69) is 40.7 Å². The first kappa shape index (κ1) is 23.6. The molecule has 0 aliphatic carbocycles. The topological polar surface area (TPSA) is 56.1 Å². The Hall–Kier alpha value is -3.08. The Morgan fingerprint density at radius 1 is 1.09 bits per heavy atom. The molecule has 3 aromatic rings. The number of fused-ring (bicyclic) bond motifs is 1. The zero-order valence-corrected chi connectivity index (χ0v) is 19.2. The number of imidazole rings is 1. The van der Waals surface area contributed by atoms with Gasteiger partial charge in [-0.05, 0) is 49.4 Å². The number of para-hydroxylation sites is 3. The molecular formula is C27H35N3O2. The van der Waals surface area contributed by atoms with E-state index in [9.17, 15) is 4.79 Å². The average Bonchev–Trinajstić information content (AvgIpc) is 3.17. The molecule has 0 fully saturated rings. The van der Waals surface area contributed by atoms with Gasteiger partial charge in [-0.1, -0.05) is 49.8 Å². The van der Waals surface area contributed by atoms with E-state index in [4.69, 9.17) is 9.72 Å². The molecule has 1 heterocycles. The van der Waals surface area contributed by atoms with Gasteiger partial charge in [0, 0.05) is 25.9 Å². The predicted octanol–water partition coefficient (Wildman–Crippen LogP) is 5.47. The molecule has 0 spiro atoms. The van der Waals surface area contributed by atoms with Crippen LogP contribution in [0.5, 0.6) is 5.75 Å². The van der Waals surface area contributed by atoms with Crippen LogP contribution in [0.2, 0.25) is 0 Å². The minimum absolute atomic E-state index is 0.126. The molecule has 170 valence electrons. The molecule has 0 unspecified atom stereocenters. The number of benzene rings is 2. The van der Waals surface area contributed by atoms with Crippen LogP contribution in [0.15, 0.2) is 61.2 Å². The van der Waals surface area contributed by atoms with Crippen LogP contribution >= 0.6 is 0 Å². The fourth-order valence-electron chi connectivity index (χ4n) is 3.88. The Kier molecular flexibility index (Phi) is 9.36. The Balaban J connectivity index is 1.54. The summed E-state index contributed by atoms with van der Waals surface area (Å²) in [5.74, 6) is 2.20. The summed E-state index contributed by atoms with van der Waals surface area (Å²) in [5.41, 5.74) is 3.41. The minimum atomic E-state index is 0.126. The van der Waals surface area contributed by atoms with E-state index in [0.29, 0.717) is 13.0 Å². The van der Waals surface area contributed by atoms with Gasteiger partial charge in [-0.2, -0.15) is 0 Å². The third-order valence-corrected chi connectivity index (χ3v) is 5.57. The van der Waals surface area contributed by atoms with Crippen LogP contribution in [0.4, 0.5) is 0 Å². The number of amides is 1. The Bertz CT molecular complexity index is 1010. The third-order valence-electron chi connectivity index (χ3n) is 5.57. The first-order valence-corrected chi connectivity index (χ1v) is 11.8. The highest BCUT2D eigenvalue weighted by Gasteiger charge is 2.10. The lowest BCUT2D eigenvalue weighted by Crippen LogP contribution is -2.23. The normalized spacial score (nSPS) is 10.9. The Morgan fingerprint density at radius 3 is 2.75 bits per heavy atom. The van der Waals surface area contributed by atoms with Crippen molar-refractivity contribution < 1.29 is 9.53 Å².